The van der Waals surface area contributed by atoms with E-state index in [0.717, 1.165) is 57.3 Å². The maximum absolute atomic E-state index is 4.91. The minimum atomic E-state index is 0.649. The number of H-pyrrole nitrogens is 2. The minimum Gasteiger partial charge on any atom is -0.335 e. The first-order valence-corrected chi connectivity index (χ1v) is 12.6. The van der Waals surface area contributed by atoms with Crippen LogP contribution in [0.5, 0.6) is 0 Å². The molecule has 0 saturated carbocycles. The summed E-state index contributed by atoms with van der Waals surface area (Å²) in [5.74, 6) is 0.649. The molecule has 3 N–H and O–H groups in total. The number of imidazole rings is 1. The van der Waals surface area contributed by atoms with Gasteiger partial charge in [0.1, 0.15) is 5.69 Å². The Hall–Kier alpha value is -5.28. The molecule has 9 nitrogen and oxygen atoms in total. The number of nitrogens with one attached hydrogen (secondary N) is 3. The molecule has 0 spiro atoms. The molecule has 0 bridgehead atoms. The Bertz CT molecular complexity index is 1890. The Morgan fingerprint density at radius 2 is 1.54 bits per heavy atom. The minimum absolute atomic E-state index is 0.649. The summed E-state index contributed by atoms with van der Waals surface area (Å²) in [6, 6.07) is 18.5. The van der Waals surface area contributed by atoms with Crippen molar-refractivity contribution in [2.24, 2.45) is 0 Å². The van der Waals surface area contributed by atoms with E-state index in [1.54, 1.807) is 18.6 Å². The summed E-state index contributed by atoms with van der Waals surface area (Å²) in [6.45, 7) is 1.52. The van der Waals surface area contributed by atoms with Crippen LogP contribution in [0.15, 0.2) is 98.0 Å². The van der Waals surface area contributed by atoms with E-state index in [0.29, 0.717) is 17.2 Å². The average molecular weight is 510 g/mol. The van der Waals surface area contributed by atoms with Gasteiger partial charge in [-0.15, -0.1) is 0 Å². The van der Waals surface area contributed by atoms with E-state index in [4.69, 9.17) is 4.98 Å². The largest absolute Gasteiger partial charge is 0.335 e. The SMILES string of the molecule is c1ccc(CNCc2cncc(-c3cnc4[nH]nc(-c5nc6c(-c7ccncc7)cncc6[nH]5)c4c3)c2)cc1. The Morgan fingerprint density at radius 1 is 0.718 bits per heavy atom. The predicted octanol–water partition coefficient (Wildman–Crippen LogP) is 5.31. The molecular formula is C30H23N9. The lowest BCUT2D eigenvalue weighted by Crippen LogP contribution is -2.12. The van der Waals surface area contributed by atoms with Crippen LogP contribution in [-0.2, 0) is 13.1 Å². The molecule has 0 radical (unpaired) electrons. The van der Waals surface area contributed by atoms with E-state index in [9.17, 15) is 0 Å². The normalized spacial score (nSPS) is 11.4. The number of pyridine rings is 4. The zero-order valence-electron chi connectivity index (χ0n) is 20.8. The fourth-order valence-electron chi connectivity index (χ4n) is 4.72. The van der Waals surface area contributed by atoms with Gasteiger partial charge in [0.05, 0.1) is 22.6 Å². The van der Waals surface area contributed by atoms with Crippen molar-refractivity contribution in [1.82, 2.24) is 45.4 Å². The fraction of sp³-hybridized carbons (Fsp3) is 0.0667. The molecule has 6 aromatic heterocycles. The van der Waals surface area contributed by atoms with Gasteiger partial charge in [-0.3, -0.25) is 20.1 Å². The van der Waals surface area contributed by atoms with E-state index < -0.39 is 0 Å². The fourth-order valence-corrected chi connectivity index (χ4v) is 4.72. The lowest BCUT2D eigenvalue weighted by Gasteiger charge is -2.07. The second kappa shape index (κ2) is 9.88. The lowest BCUT2D eigenvalue weighted by atomic mass is 10.1. The van der Waals surface area contributed by atoms with Crippen LogP contribution < -0.4 is 5.32 Å². The molecule has 0 atom stereocenters. The van der Waals surface area contributed by atoms with Gasteiger partial charge >= 0.3 is 0 Å². The smallest absolute Gasteiger partial charge is 0.159 e. The van der Waals surface area contributed by atoms with Crippen molar-refractivity contribution in [3.8, 4) is 33.8 Å². The van der Waals surface area contributed by atoms with Crippen LogP contribution in [0.3, 0.4) is 0 Å². The first kappa shape index (κ1) is 22.9. The van der Waals surface area contributed by atoms with Crippen molar-refractivity contribution < 1.29 is 0 Å². The number of hydrogen-bond acceptors (Lipinski definition) is 7. The molecule has 7 aromatic rings. The molecular weight excluding hydrogens is 486 g/mol. The van der Waals surface area contributed by atoms with Gasteiger partial charge in [-0.1, -0.05) is 30.3 Å². The van der Waals surface area contributed by atoms with Gasteiger partial charge in [0.25, 0.3) is 0 Å². The third kappa shape index (κ3) is 4.51. The Morgan fingerprint density at radius 3 is 2.44 bits per heavy atom. The van der Waals surface area contributed by atoms with Gasteiger partial charge in [0, 0.05) is 67.0 Å². The van der Waals surface area contributed by atoms with Crippen molar-refractivity contribution in [3.63, 3.8) is 0 Å². The van der Waals surface area contributed by atoms with E-state index in [1.807, 2.05) is 43.0 Å². The average Bonchev–Trinajstić information content (AvgIpc) is 3.62. The predicted molar refractivity (Wildman–Crippen MR) is 150 cm³/mol. The summed E-state index contributed by atoms with van der Waals surface area (Å²) in [5.41, 5.74) is 9.28. The molecule has 0 aliphatic rings. The molecule has 188 valence electrons. The summed E-state index contributed by atoms with van der Waals surface area (Å²) in [6.07, 6.45) is 12.7. The number of aromatic nitrogens is 8. The Labute approximate surface area is 223 Å². The number of hydrogen-bond donors (Lipinski definition) is 3. The standard InChI is InChI=1S/C30H23N9/c1-2-4-19(5-3-1)12-32-13-20-10-22(15-33-14-20)23-11-24-28(38-39-29(24)35-16-23)30-36-26-18-34-17-25(27(26)37-30)21-6-8-31-9-7-21/h1-11,14-18,32H,12-13H2,(H,36,37)(H,35,38,39). The highest BCUT2D eigenvalue weighted by atomic mass is 15.2. The number of fused-ring (bicyclic) bond motifs is 2. The molecule has 0 saturated heterocycles. The summed E-state index contributed by atoms with van der Waals surface area (Å²) in [7, 11) is 0. The van der Waals surface area contributed by atoms with Gasteiger partial charge in [0.2, 0.25) is 0 Å². The second-order valence-electron chi connectivity index (χ2n) is 9.27. The molecule has 6 heterocycles. The molecule has 7 rings (SSSR count). The third-order valence-corrected chi connectivity index (χ3v) is 6.66. The van der Waals surface area contributed by atoms with Gasteiger partial charge in [-0.05, 0) is 41.0 Å². The summed E-state index contributed by atoms with van der Waals surface area (Å²) in [5, 5.41) is 12.0. The van der Waals surface area contributed by atoms with Crippen molar-refractivity contribution >= 4 is 22.1 Å². The van der Waals surface area contributed by atoms with Crippen LogP contribution in [-0.4, -0.2) is 40.1 Å². The van der Waals surface area contributed by atoms with Gasteiger partial charge in [0.15, 0.2) is 11.5 Å². The second-order valence-corrected chi connectivity index (χ2v) is 9.27. The zero-order valence-corrected chi connectivity index (χ0v) is 20.8. The molecule has 0 amide bonds. The van der Waals surface area contributed by atoms with Crippen LogP contribution in [0.1, 0.15) is 11.1 Å². The summed E-state index contributed by atoms with van der Waals surface area (Å²) < 4.78 is 0. The van der Waals surface area contributed by atoms with Crippen LogP contribution in [0, 0.1) is 0 Å². The zero-order chi connectivity index (χ0) is 26.0. The Kier molecular flexibility index (Phi) is 5.80. The molecule has 9 heteroatoms. The van der Waals surface area contributed by atoms with Crippen molar-refractivity contribution in [3.05, 3.63) is 109 Å². The molecule has 1 aromatic carbocycles. The molecule has 0 aliphatic heterocycles. The quantitative estimate of drug-likeness (QED) is 0.266. The van der Waals surface area contributed by atoms with Crippen LogP contribution in [0.2, 0.25) is 0 Å². The topological polar surface area (TPSA) is 121 Å². The monoisotopic (exact) mass is 509 g/mol. The van der Waals surface area contributed by atoms with E-state index >= 15 is 0 Å². The highest BCUT2D eigenvalue weighted by Gasteiger charge is 2.17. The highest BCUT2D eigenvalue weighted by molar-refractivity contribution is 5.96. The first-order chi connectivity index (χ1) is 19.3. The van der Waals surface area contributed by atoms with E-state index in [-0.39, 0.29) is 0 Å². The van der Waals surface area contributed by atoms with Gasteiger partial charge in [-0.2, -0.15) is 5.10 Å². The third-order valence-electron chi connectivity index (χ3n) is 6.66. The van der Waals surface area contributed by atoms with E-state index in [2.05, 4.69) is 76.8 Å². The number of benzene rings is 1. The number of aromatic amines is 2. The first-order valence-electron chi connectivity index (χ1n) is 12.6. The van der Waals surface area contributed by atoms with Gasteiger partial charge < -0.3 is 10.3 Å². The maximum atomic E-state index is 4.91. The van der Waals surface area contributed by atoms with Crippen molar-refractivity contribution in [1.29, 1.82) is 0 Å². The number of nitrogens with zero attached hydrogens (tertiary/aromatic N) is 6. The summed E-state index contributed by atoms with van der Waals surface area (Å²) >= 11 is 0. The van der Waals surface area contributed by atoms with Crippen LogP contribution in [0.4, 0.5) is 0 Å². The Balaban J connectivity index is 1.20. The summed E-state index contributed by atoms with van der Waals surface area (Å²) in [4.78, 5) is 25.9. The molecule has 0 unspecified atom stereocenters. The lowest BCUT2D eigenvalue weighted by molar-refractivity contribution is 0.691. The maximum Gasteiger partial charge on any atom is 0.159 e. The molecule has 0 fully saturated rings. The van der Waals surface area contributed by atoms with Crippen LogP contribution >= 0.6 is 0 Å². The van der Waals surface area contributed by atoms with Crippen molar-refractivity contribution in [2.75, 3.05) is 0 Å². The molecule has 39 heavy (non-hydrogen) atoms. The van der Waals surface area contributed by atoms with Crippen molar-refractivity contribution in [2.45, 2.75) is 13.1 Å². The molecule has 0 aliphatic carbocycles. The number of rotatable bonds is 7. The van der Waals surface area contributed by atoms with E-state index in [1.165, 1.54) is 5.56 Å². The van der Waals surface area contributed by atoms with Gasteiger partial charge in [-0.25, -0.2) is 9.97 Å². The highest BCUT2D eigenvalue weighted by Crippen LogP contribution is 2.31. The van der Waals surface area contributed by atoms with Crippen LogP contribution in [0.25, 0.3) is 55.8 Å².